The number of nitrogens with zero attached hydrogens (tertiary/aromatic N) is 4. The first-order valence-corrected chi connectivity index (χ1v) is 10.1. The van der Waals surface area contributed by atoms with E-state index in [1.165, 1.54) is 0 Å². The van der Waals surface area contributed by atoms with E-state index < -0.39 is 6.17 Å². The lowest BCUT2D eigenvalue weighted by molar-refractivity contribution is 0.403. The lowest BCUT2D eigenvalue weighted by atomic mass is 9.97. The van der Waals surface area contributed by atoms with Crippen LogP contribution in [-0.4, -0.2) is 26.1 Å². The van der Waals surface area contributed by atoms with Crippen LogP contribution in [0.25, 0.3) is 27.9 Å². The van der Waals surface area contributed by atoms with Gasteiger partial charge in [-0.25, -0.2) is 14.4 Å². The van der Waals surface area contributed by atoms with Gasteiger partial charge in [0.05, 0.1) is 17.8 Å². The number of halogens is 1. The van der Waals surface area contributed by atoms with E-state index in [2.05, 4.69) is 15.3 Å². The lowest BCUT2D eigenvalue weighted by Crippen LogP contribution is -2.06. The molecule has 0 spiro atoms. The predicted molar refractivity (Wildman–Crippen MR) is 121 cm³/mol. The highest BCUT2D eigenvalue weighted by atomic mass is 19.1. The second kappa shape index (κ2) is 8.44. The molecule has 0 bridgehead atoms. The summed E-state index contributed by atoms with van der Waals surface area (Å²) in [6, 6.07) is 15.5. The van der Waals surface area contributed by atoms with Crippen LogP contribution in [0.2, 0.25) is 0 Å². The SMILES string of the molecule is FC1C=C(c2ccc3nc(-c4cccnc4)nc(NCc4ccccn4)c3c2)C=CC1. The molecular formula is C25H20FN5. The van der Waals surface area contributed by atoms with Gasteiger partial charge in [-0.2, -0.15) is 0 Å². The van der Waals surface area contributed by atoms with E-state index in [9.17, 15) is 4.39 Å². The van der Waals surface area contributed by atoms with E-state index in [1.54, 1.807) is 24.7 Å². The van der Waals surface area contributed by atoms with Crippen LogP contribution in [0.4, 0.5) is 10.2 Å². The number of aromatic nitrogens is 4. The van der Waals surface area contributed by atoms with Crippen molar-refractivity contribution in [3.8, 4) is 11.4 Å². The van der Waals surface area contributed by atoms with Gasteiger partial charge < -0.3 is 5.32 Å². The molecule has 3 heterocycles. The smallest absolute Gasteiger partial charge is 0.163 e. The van der Waals surface area contributed by atoms with Crippen molar-refractivity contribution >= 4 is 22.3 Å². The zero-order chi connectivity index (χ0) is 21.0. The second-order valence-corrected chi connectivity index (χ2v) is 7.32. The number of nitrogens with one attached hydrogen (secondary N) is 1. The van der Waals surface area contributed by atoms with E-state index in [-0.39, 0.29) is 0 Å². The fraction of sp³-hybridized carbons (Fsp3) is 0.120. The molecule has 1 aliphatic rings. The summed E-state index contributed by atoms with van der Waals surface area (Å²) >= 11 is 0. The van der Waals surface area contributed by atoms with Crippen LogP contribution in [-0.2, 0) is 6.54 Å². The van der Waals surface area contributed by atoms with Crippen molar-refractivity contribution < 1.29 is 4.39 Å². The summed E-state index contributed by atoms with van der Waals surface area (Å²) in [7, 11) is 0. The maximum Gasteiger partial charge on any atom is 0.163 e. The Morgan fingerprint density at radius 2 is 1.97 bits per heavy atom. The monoisotopic (exact) mass is 409 g/mol. The van der Waals surface area contributed by atoms with E-state index >= 15 is 0 Å². The first kappa shape index (κ1) is 19.1. The third kappa shape index (κ3) is 4.19. The first-order chi connectivity index (χ1) is 15.3. The Labute approximate surface area is 179 Å². The summed E-state index contributed by atoms with van der Waals surface area (Å²) < 4.78 is 13.9. The number of benzene rings is 1. The van der Waals surface area contributed by atoms with Gasteiger partial charge >= 0.3 is 0 Å². The summed E-state index contributed by atoms with van der Waals surface area (Å²) in [6.45, 7) is 0.527. The van der Waals surface area contributed by atoms with Crippen LogP contribution in [0.15, 0.2) is 85.3 Å². The molecule has 3 aromatic heterocycles. The van der Waals surface area contributed by atoms with Crippen molar-refractivity contribution in [2.24, 2.45) is 0 Å². The molecule has 0 fully saturated rings. The topological polar surface area (TPSA) is 63.6 Å². The maximum absolute atomic E-state index is 13.9. The summed E-state index contributed by atoms with van der Waals surface area (Å²) in [5.74, 6) is 1.30. The molecule has 1 aromatic carbocycles. The van der Waals surface area contributed by atoms with Crippen LogP contribution in [0.1, 0.15) is 17.7 Å². The molecule has 1 unspecified atom stereocenters. The quantitative estimate of drug-likeness (QED) is 0.479. The van der Waals surface area contributed by atoms with Crippen molar-refractivity contribution in [2.75, 3.05) is 5.32 Å². The average Bonchev–Trinajstić information content (AvgIpc) is 2.83. The Kier molecular flexibility index (Phi) is 5.19. The van der Waals surface area contributed by atoms with Gasteiger partial charge in [-0.1, -0.05) is 24.3 Å². The van der Waals surface area contributed by atoms with Crippen LogP contribution in [0.3, 0.4) is 0 Å². The van der Waals surface area contributed by atoms with Crippen molar-refractivity contribution in [1.82, 2.24) is 19.9 Å². The predicted octanol–water partition coefficient (Wildman–Crippen LogP) is 5.38. The highest BCUT2D eigenvalue weighted by Crippen LogP contribution is 2.30. The van der Waals surface area contributed by atoms with Gasteiger partial charge in [-0.15, -0.1) is 0 Å². The van der Waals surface area contributed by atoms with Gasteiger partial charge in [0, 0.05) is 36.0 Å². The van der Waals surface area contributed by atoms with Gasteiger partial charge in [-0.3, -0.25) is 9.97 Å². The van der Waals surface area contributed by atoms with E-state index in [1.807, 2.05) is 60.7 Å². The molecule has 0 aliphatic heterocycles. The maximum atomic E-state index is 13.9. The number of hydrogen-bond acceptors (Lipinski definition) is 5. The fourth-order valence-corrected chi connectivity index (χ4v) is 3.58. The molecule has 0 amide bonds. The van der Waals surface area contributed by atoms with Crippen molar-refractivity contribution in [3.63, 3.8) is 0 Å². The van der Waals surface area contributed by atoms with Crippen molar-refractivity contribution in [3.05, 3.63) is 96.6 Å². The third-order valence-electron chi connectivity index (χ3n) is 5.13. The van der Waals surface area contributed by atoms with Gasteiger partial charge in [-0.05, 0) is 53.6 Å². The Balaban J connectivity index is 1.60. The molecule has 0 radical (unpaired) electrons. The molecule has 1 aliphatic carbocycles. The van der Waals surface area contributed by atoms with Crippen molar-refractivity contribution in [2.45, 2.75) is 19.1 Å². The minimum atomic E-state index is -0.957. The number of fused-ring (bicyclic) bond motifs is 1. The van der Waals surface area contributed by atoms with E-state index in [0.717, 1.165) is 33.3 Å². The zero-order valence-electron chi connectivity index (χ0n) is 16.7. The van der Waals surface area contributed by atoms with E-state index in [4.69, 9.17) is 9.97 Å². The molecule has 1 atom stereocenters. The first-order valence-electron chi connectivity index (χ1n) is 10.1. The largest absolute Gasteiger partial charge is 0.364 e. The number of allylic oxidation sites excluding steroid dienone is 4. The number of rotatable bonds is 5. The average molecular weight is 409 g/mol. The van der Waals surface area contributed by atoms with Gasteiger partial charge in [0.2, 0.25) is 0 Å². The number of alkyl halides is 1. The Morgan fingerprint density at radius 1 is 1.00 bits per heavy atom. The van der Waals surface area contributed by atoms with Crippen molar-refractivity contribution in [1.29, 1.82) is 0 Å². The Morgan fingerprint density at radius 3 is 2.77 bits per heavy atom. The normalized spacial score (nSPS) is 15.6. The molecule has 5 nitrogen and oxygen atoms in total. The number of pyridine rings is 2. The number of anilines is 1. The Bertz CT molecular complexity index is 1270. The van der Waals surface area contributed by atoms with E-state index in [0.29, 0.717) is 24.6 Å². The van der Waals surface area contributed by atoms with Gasteiger partial charge in [0.15, 0.2) is 5.82 Å². The molecule has 152 valence electrons. The van der Waals surface area contributed by atoms with Gasteiger partial charge in [0.1, 0.15) is 12.0 Å². The zero-order valence-corrected chi connectivity index (χ0v) is 16.7. The standard InChI is InChI=1S/C25H20FN5/c26-20-7-3-5-17(13-20)18-9-10-23-22(14-18)25(29-16-21-8-1-2-12-28-21)31-24(30-23)19-6-4-11-27-15-19/h1-6,8-15,20H,7,16H2,(H,29,30,31). The summed E-state index contributed by atoms with van der Waals surface area (Å²) in [4.78, 5) is 18.1. The number of hydrogen-bond donors (Lipinski definition) is 1. The molecule has 4 aromatic rings. The lowest BCUT2D eigenvalue weighted by Gasteiger charge is -2.14. The minimum Gasteiger partial charge on any atom is -0.364 e. The summed E-state index contributed by atoms with van der Waals surface area (Å²) in [5.41, 5.74) is 4.36. The van der Waals surface area contributed by atoms with Crippen LogP contribution < -0.4 is 5.32 Å². The minimum absolute atomic E-state index is 0.422. The summed E-state index contributed by atoms with van der Waals surface area (Å²) in [5, 5.41) is 4.28. The summed E-state index contributed by atoms with van der Waals surface area (Å²) in [6.07, 6.45) is 10.2. The second-order valence-electron chi connectivity index (χ2n) is 7.32. The molecule has 1 N–H and O–H groups in total. The molecular weight excluding hydrogens is 389 g/mol. The Hall–Kier alpha value is -3.93. The molecule has 31 heavy (non-hydrogen) atoms. The van der Waals surface area contributed by atoms with Crippen LogP contribution in [0.5, 0.6) is 0 Å². The highest BCUT2D eigenvalue weighted by molar-refractivity contribution is 5.94. The molecule has 5 rings (SSSR count). The fourth-order valence-electron chi connectivity index (χ4n) is 3.58. The van der Waals surface area contributed by atoms with Crippen LogP contribution >= 0.6 is 0 Å². The molecule has 0 saturated heterocycles. The molecule has 0 saturated carbocycles. The molecule has 6 heteroatoms. The van der Waals surface area contributed by atoms with Crippen LogP contribution in [0, 0.1) is 0 Å². The third-order valence-corrected chi connectivity index (χ3v) is 5.13. The van der Waals surface area contributed by atoms with Gasteiger partial charge in [0.25, 0.3) is 0 Å². The highest BCUT2D eigenvalue weighted by Gasteiger charge is 2.14.